The lowest BCUT2D eigenvalue weighted by Crippen LogP contribution is -2.49. The highest BCUT2D eigenvalue weighted by atomic mass is 16.6. The fourth-order valence-corrected chi connectivity index (χ4v) is 4.87. The van der Waals surface area contributed by atoms with Gasteiger partial charge >= 0.3 is 6.09 Å². The van der Waals surface area contributed by atoms with Crippen molar-refractivity contribution in [3.63, 3.8) is 0 Å². The van der Waals surface area contributed by atoms with Crippen LogP contribution in [0.25, 0.3) is 0 Å². The summed E-state index contributed by atoms with van der Waals surface area (Å²) in [5.74, 6) is 2.13. The fraction of sp³-hybridized carbons (Fsp3) is 0.440. The SMILES string of the molecule is COc1ccc(OC(=O)Nc2ccc(C(=O)N3CCCC4CCCC[C@H]43)c(OC)c2)cc1. The van der Waals surface area contributed by atoms with Gasteiger partial charge in [0.1, 0.15) is 17.2 Å². The van der Waals surface area contributed by atoms with Gasteiger partial charge in [0.25, 0.3) is 5.91 Å². The molecule has 1 saturated heterocycles. The molecule has 1 aliphatic carbocycles. The third kappa shape index (κ3) is 4.82. The summed E-state index contributed by atoms with van der Waals surface area (Å²) in [6.07, 6.45) is 6.37. The van der Waals surface area contributed by atoms with E-state index in [1.165, 1.54) is 32.8 Å². The lowest BCUT2D eigenvalue weighted by molar-refractivity contribution is 0.0388. The van der Waals surface area contributed by atoms with E-state index in [2.05, 4.69) is 5.32 Å². The molecule has 2 fully saturated rings. The Labute approximate surface area is 188 Å². The second-order valence-electron chi connectivity index (χ2n) is 8.36. The summed E-state index contributed by atoms with van der Waals surface area (Å²) in [5, 5.41) is 2.69. The van der Waals surface area contributed by atoms with Gasteiger partial charge in [0.05, 0.1) is 19.8 Å². The van der Waals surface area contributed by atoms with Crippen LogP contribution in [0.3, 0.4) is 0 Å². The first-order chi connectivity index (χ1) is 15.6. The third-order valence-corrected chi connectivity index (χ3v) is 6.45. The molecule has 2 amide bonds. The van der Waals surface area contributed by atoms with Crippen molar-refractivity contribution in [3.8, 4) is 17.2 Å². The van der Waals surface area contributed by atoms with Gasteiger partial charge < -0.3 is 19.1 Å². The Balaban J connectivity index is 1.45. The molecule has 1 N–H and O–H groups in total. The quantitative estimate of drug-likeness (QED) is 0.702. The predicted molar refractivity (Wildman–Crippen MR) is 122 cm³/mol. The lowest BCUT2D eigenvalue weighted by Gasteiger charge is -2.44. The Morgan fingerprint density at radius 3 is 2.38 bits per heavy atom. The van der Waals surface area contributed by atoms with Gasteiger partial charge in [-0.05, 0) is 68.0 Å². The predicted octanol–water partition coefficient (Wildman–Crippen LogP) is 5.11. The Morgan fingerprint density at radius 1 is 0.906 bits per heavy atom. The number of carbonyl (C=O) groups excluding carboxylic acids is 2. The van der Waals surface area contributed by atoms with Gasteiger partial charge in [-0.15, -0.1) is 0 Å². The molecule has 2 aliphatic rings. The van der Waals surface area contributed by atoms with Crippen LogP contribution in [0, 0.1) is 5.92 Å². The lowest BCUT2D eigenvalue weighted by atomic mass is 9.78. The van der Waals surface area contributed by atoms with Gasteiger partial charge in [-0.1, -0.05) is 12.8 Å². The standard InChI is InChI=1S/C25H30N2O5/c1-30-19-10-12-20(13-11-19)32-25(29)26-18-9-14-21(23(16-18)31-2)24(28)27-15-5-7-17-6-3-4-8-22(17)27/h9-14,16-17,22H,3-8,15H2,1-2H3,(H,26,29)/t17?,22-/m1/s1. The van der Waals surface area contributed by atoms with Crippen molar-refractivity contribution in [3.05, 3.63) is 48.0 Å². The summed E-state index contributed by atoms with van der Waals surface area (Å²) < 4.78 is 15.9. The van der Waals surface area contributed by atoms with E-state index >= 15 is 0 Å². The molecule has 1 heterocycles. The third-order valence-electron chi connectivity index (χ3n) is 6.45. The summed E-state index contributed by atoms with van der Waals surface area (Å²) in [4.78, 5) is 27.7. The molecule has 1 aliphatic heterocycles. The van der Waals surface area contributed by atoms with Gasteiger partial charge in [-0.25, -0.2) is 4.79 Å². The molecular formula is C25H30N2O5. The van der Waals surface area contributed by atoms with Crippen molar-refractivity contribution in [2.75, 3.05) is 26.1 Å². The first-order valence-electron chi connectivity index (χ1n) is 11.2. The van der Waals surface area contributed by atoms with Crippen LogP contribution in [0.4, 0.5) is 10.5 Å². The number of nitrogens with zero attached hydrogens (tertiary/aromatic N) is 1. The number of carbonyl (C=O) groups is 2. The van der Waals surface area contributed by atoms with Crippen LogP contribution < -0.4 is 19.5 Å². The molecule has 1 saturated carbocycles. The molecule has 170 valence electrons. The molecule has 32 heavy (non-hydrogen) atoms. The number of piperidine rings is 1. The number of fused-ring (bicyclic) bond motifs is 1. The van der Waals surface area contributed by atoms with Gasteiger partial charge in [0.2, 0.25) is 0 Å². The molecule has 7 nitrogen and oxygen atoms in total. The maximum Gasteiger partial charge on any atom is 0.417 e. The number of nitrogens with one attached hydrogen (secondary N) is 1. The van der Waals surface area contributed by atoms with Crippen molar-refractivity contribution in [2.45, 2.75) is 44.6 Å². The molecule has 7 heteroatoms. The average molecular weight is 439 g/mol. The van der Waals surface area contributed by atoms with Crippen molar-refractivity contribution >= 4 is 17.7 Å². The minimum atomic E-state index is -0.627. The average Bonchev–Trinajstić information content (AvgIpc) is 2.83. The number of hydrogen-bond acceptors (Lipinski definition) is 5. The highest BCUT2D eigenvalue weighted by molar-refractivity contribution is 5.98. The highest BCUT2D eigenvalue weighted by Gasteiger charge is 2.36. The number of anilines is 1. The zero-order valence-electron chi connectivity index (χ0n) is 18.6. The van der Waals surface area contributed by atoms with Crippen LogP contribution in [0.2, 0.25) is 0 Å². The Morgan fingerprint density at radius 2 is 1.62 bits per heavy atom. The normalized spacial score (nSPS) is 20.1. The number of benzene rings is 2. The van der Waals surface area contributed by atoms with Crippen molar-refractivity contribution in [1.29, 1.82) is 0 Å². The smallest absolute Gasteiger partial charge is 0.417 e. The molecular weight excluding hydrogens is 408 g/mol. The summed E-state index contributed by atoms with van der Waals surface area (Å²) >= 11 is 0. The number of likely N-dealkylation sites (tertiary alicyclic amines) is 1. The van der Waals surface area contributed by atoms with Gasteiger partial charge in [0.15, 0.2) is 0 Å². The maximum atomic E-state index is 13.4. The van der Waals surface area contributed by atoms with E-state index in [9.17, 15) is 9.59 Å². The van der Waals surface area contributed by atoms with Crippen LogP contribution in [0.5, 0.6) is 17.2 Å². The summed E-state index contributed by atoms with van der Waals surface area (Å²) in [5.41, 5.74) is 1.01. The second kappa shape index (κ2) is 9.94. The number of ether oxygens (including phenoxy) is 3. The van der Waals surface area contributed by atoms with E-state index < -0.39 is 6.09 Å². The molecule has 2 aromatic carbocycles. The summed E-state index contributed by atoms with van der Waals surface area (Å²) in [6.45, 7) is 0.789. The number of rotatable bonds is 5. The highest BCUT2D eigenvalue weighted by Crippen LogP contribution is 2.37. The Kier molecular flexibility index (Phi) is 6.83. The van der Waals surface area contributed by atoms with Gasteiger partial charge in [-0.3, -0.25) is 10.1 Å². The van der Waals surface area contributed by atoms with E-state index in [0.717, 1.165) is 19.4 Å². The molecule has 1 unspecified atom stereocenters. The number of hydrogen-bond donors (Lipinski definition) is 1. The van der Waals surface area contributed by atoms with Crippen molar-refractivity contribution in [1.82, 2.24) is 4.90 Å². The van der Waals surface area contributed by atoms with Crippen LogP contribution in [-0.4, -0.2) is 43.7 Å². The zero-order chi connectivity index (χ0) is 22.5. The Bertz CT molecular complexity index is 957. The second-order valence-corrected chi connectivity index (χ2v) is 8.36. The van der Waals surface area contributed by atoms with Crippen molar-refractivity contribution in [2.24, 2.45) is 5.92 Å². The number of amides is 2. The van der Waals surface area contributed by atoms with Crippen LogP contribution >= 0.6 is 0 Å². The number of methoxy groups -OCH3 is 2. The first-order valence-corrected chi connectivity index (χ1v) is 11.2. The topological polar surface area (TPSA) is 77.1 Å². The van der Waals surface area contributed by atoms with Crippen LogP contribution in [-0.2, 0) is 0 Å². The van der Waals surface area contributed by atoms with E-state index in [0.29, 0.717) is 40.5 Å². The van der Waals surface area contributed by atoms with Gasteiger partial charge in [0, 0.05) is 24.3 Å². The Hall–Kier alpha value is -3.22. The van der Waals surface area contributed by atoms with Crippen molar-refractivity contribution < 1.29 is 23.8 Å². The minimum absolute atomic E-state index is 0.00538. The largest absolute Gasteiger partial charge is 0.497 e. The maximum absolute atomic E-state index is 13.4. The van der Waals surface area contributed by atoms with E-state index in [1.54, 1.807) is 49.6 Å². The van der Waals surface area contributed by atoms with Crippen LogP contribution in [0.15, 0.2) is 42.5 Å². The molecule has 0 aromatic heterocycles. The summed E-state index contributed by atoms with van der Waals surface area (Å²) in [6, 6.07) is 12.1. The van der Waals surface area contributed by atoms with E-state index in [1.807, 2.05) is 4.90 Å². The summed E-state index contributed by atoms with van der Waals surface area (Å²) in [7, 11) is 3.11. The molecule has 2 atom stereocenters. The minimum Gasteiger partial charge on any atom is -0.497 e. The molecule has 0 spiro atoms. The zero-order valence-corrected chi connectivity index (χ0v) is 18.6. The monoisotopic (exact) mass is 438 g/mol. The molecule has 0 radical (unpaired) electrons. The van der Waals surface area contributed by atoms with Crippen LogP contribution in [0.1, 0.15) is 48.9 Å². The van der Waals surface area contributed by atoms with E-state index in [-0.39, 0.29) is 5.91 Å². The van der Waals surface area contributed by atoms with E-state index in [4.69, 9.17) is 14.2 Å². The first kappa shape index (κ1) is 22.0. The molecule has 0 bridgehead atoms. The van der Waals surface area contributed by atoms with Gasteiger partial charge in [-0.2, -0.15) is 0 Å². The molecule has 2 aromatic rings. The fourth-order valence-electron chi connectivity index (χ4n) is 4.87. The molecule has 4 rings (SSSR count).